The van der Waals surface area contributed by atoms with Crippen LogP contribution < -0.4 is 5.43 Å². The van der Waals surface area contributed by atoms with Crippen molar-refractivity contribution in [3.05, 3.63) is 83.4 Å². The zero-order valence-corrected chi connectivity index (χ0v) is 18.4. The Kier molecular flexibility index (Phi) is 7.03. The molecule has 0 unspecified atom stereocenters. The summed E-state index contributed by atoms with van der Waals surface area (Å²) in [6, 6.07) is 6.42. The van der Waals surface area contributed by atoms with Crippen LogP contribution in [0.15, 0.2) is 55.1 Å². The van der Waals surface area contributed by atoms with Crippen LogP contribution in [0.2, 0.25) is 0 Å². The maximum absolute atomic E-state index is 14.7. The zero-order valence-electron chi connectivity index (χ0n) is 18.4. The van der Waals surface area contributed by atoms with Crippen LogP contribution in [0.1, 0.15) is 28.4 Å². The number of halogens is 5. The molecule has 12 heteroatoms. The van der Waals surface area contributed by atoms with E-state index >= 15 is 0 Å². The number of nitrogens with zero attached hydrogens (tertiary/aromatic N) is 4. The van der Waals surface area contributed by atoms with Gasteiger partial charge in [0.25, 0.3) is 5.91 Å². The molecule has 1 aromatic heterocycles. The van der Waals surface area contributed by atoms with Gasteiger partial charge < -0.3 is 5.11 Å². The highest BCUT2D eigenvalue weighted by Gasteiger charge is 2.42. The number of likely N-dealkylation sites (N-methyl/N-ethyl adjacent to an activating group) is 1. The first-order chi connectivity index (χ1) is 15.8. The summed E-state index contributed by atoms with van der Waals surface area (Å²) in [6.07, 6.45) is -2.01. The zero-order chi connectivity index (χ0) is 25.1. The van der Waals surface area contributed by atoms with Gasteiger partial charge in [-0.25, -0.2) is 23.0 Å². The van der Waals surface area contributed by atoms with Crippen LogP contribution in [0.4, 0.5) is 22.0 Å². The summed E-state index contributed by atoms with van der Waals surface area (Å²) in [4.78, 5) is 16.6. The van der Waals surface area contributed by atoms with Crippen molar-refractivity contribution in [3.8, 4) is 0 Å². The number of hydrogen-bond acceptors (Lipinski definition) is 4. The molecular weight excluding hydrogens is 461 g/mol. The van der Waals surface area contributed by atoms with E-state index in [0.717, 1.165) is 36.4 Å². The molecule has 1 amide bonds. The van der Waals surface area contributed by atoms with Crippen molar-refractivity contribution in [3.63, 3.8) is 0 Å². The Morgan fingerprint density at radius 3 is 2.35 bits per heavy atom. The number of aliphatic hydroxyl groups is 1. The van der Waals surface area contributed by atoms with Gasteiger partial charge in [0.1, 0.15) is 30.8 Å². The Balaban J connectivity index is 1.90. The molecule has 2 atom stereocenters. The summed E-state index contributed by atoms with van der Waals surface area (Å²) in [5.74, 6) is -2.51. The molecule has 0 radical (unpaired) electrons. The number of aromatic nitrogens is 3. The van der Waals surface area contributed by atoms with Crippen LogP contribution in [-0.4, -0.2) is 50.5 Å². The highest BCUT2D eigenvalue weighted by molar-refractivity contribution is 5.93. The number of nitrogens with one attached hydrogen (secondary N) is 1. The van der Waals surface area contributed by atoms with Gasteiger partial charge in [0, 0.05) is 17.2 Å². The highest BCUT2D eigenvalue weighted by atomic mass is 19.4. The van der Waals surface area contributed by atoms with Crippen molar-refractivity contribution in [2.24, 2.45) is 0 Å². The summed E-state index contributed by atoms with van der Waals surface area (Å²) in [5, 5.41) is 15.5. The molecule has 0 saturated heterocycles. The number of quaternary nitrogens is 1. The Bertz CT molecular complexity index is 1140. The molecule has 182 valence electrons. The monoisotopic (exact) mass is 484 g/mol. The third-order valence-corrected chi connectivity index (χ3v) is 5.48. The Morgan fingerprint density at radius 1 is 1.15 bits per heavy atom. The summed E-state index contributed by atoms with van der Waals surface area (Å²) in [6.45, 7) is 1.37. The van der Waals surface area contributed by atoms with E-state index in [1.165, 1.54) is 17.3 Å². The predicted molar refractivity (Wildman–Crippen MR) is 111 cm³/mol. The normalized spacial score (nSPS) is 15.4. The van der Waals surface area contributed by atoms with Crippen LogP contribution in [0, 0.1) is 11.6 Å². The second kappa shape index (κ2) is 9.47. The third kappa shape index (κ3) is 5.75. The highest BCUT2D eigenvalue weighted by Crippen LogP contribution is 2.30. The summed E-state index contributed by atoms with van der Waals surface area (Å²) < 4.78 is 67.5. The topological polar surface area (TPSA) is 80.0 Å². The van der Waals surface area contributed by atoms with Gasteiger partial charge in [0.05, 0.1) is 25.7 Å². The van der Waals surface area contributed by atoms with Crippen LogP contribution in [0.3, 0.4) is 0 Å². The lowest BCUT2D eigenvalue weighted by molar-refractivity contribution is -0.948. The minimum Gasteiger partial charge on any atom is -0.377 e. The van der Waals surface area contributed by atoms with E-state index in [-0.39, 0.29) is 35.4 Å². The van der Waals surface area contributed by atoms with Crippen molar-refractivity contribution < 1.29 is 36.4 Å². The molecule has 0 aliphatic rings. The van der Waals surface area contributed by atoms with Crippen LogP contribution in [0.25, 0.3) is 0 Å². The van der Waals surface area contributed by atoms with Crippen molar-refractivity contribution in [1.82, 2.24) is 20.2 Å². The minimum atomic E-state index is -4.54. The Labute approximate surface area is 192 Å². The molecule has 3 rings (SSSR count). The number of hydrogen-bond donors (Lipinski definition) is 2. The molecular formula is C22H23F5N5O2+. The van der Waals surface area contributed by atoms with E-state index in [1.54, 1.807) is 14.0 Å². The van der Waals surface area contributed by atoms with E-state index in [9.17, 15) is 31.9 Å². The second-order valence-corrected chi connectivity index (χ2v) is 8.14. The molecule has 0 saturated carbocycles. The van der Waals surface area contributed by atoms with Gasteiger partial charge in [-0.05, 0) is 43.3 Å². The fourth-order valence-electron chi connectivity index (χ4n) is 3.60. The Hall–Kier alpha value is -3.38. The first-order valence-corrected chi connectivity index (χ1v) is 10.2. The molecule has 0 aliphatic carbocycles. The fourth-order valence-corrected chi connectivity index (χ4v) is 3.60. The van der Waals surface area contributed by atoms with Gasteiger partial charge in [-0.3, -0.25) is 4.79 Å². The maximum atomic E-state index is 14.7. The summed E-state index contributed by atoms with van der Waals surface area (Å²) in [5.41, 5.74) is -0.443. The van der Waals surface area contributed by atoms with E-state index in [1.807, 2.05) is 0 Å². The van der Waals surface area contributed by atoms with Crippen LogP contribution in [0.5, 0.6) is 0 Å². The summed E-state index contributed by atoms with van der Waals surface area (Å²) >= 11 is 0. The number of carbonyl (C=O) groups excluding carboxylic acids is 1. The van der Waals surface area contributed by atoms with Gasteiger partial charge in [-0.15, -0.1) is 0 Å². The molecule has 0 spiro atoms. The third-order valence-electron chi connectivity index (χ3n) is 5.48. The standard InChI is InChI=1S/C22H22F5N5O2/c1-3-32(2,30-20(33)15-4-6-16(7-5-15)22(25,26)27)12-21(34,11-31-14-28-13-29-31)18-9-8-17(23)10-19(18)24/h4-10,13-14,34H,3,11-12H2,1-2H3/p+1/t21-,32+/m0/s1. The predicted octanol–water partition coefficient (Wildman–Crippen LogP) is 3.27. The Morgan fingerprint density at radius 2 is 1.82 bits per heavy atom. The number of amides is 1. The smallest absolute Gasteiger partial charge is 0.377 e. The molecule has 0 bridgehead atoms. The molecule has 0 aliphatic heterocycles. The molecule has 34 heavy (non-hydrogen) atoms. The van der Waals surface area contributed by atoms with Crippen molar-refractivity contribution >= 4 is 5.91 Å². The average molecular weight is 484 g/mol. The number of rotatable bonds is 8. The quantitative estimate of drug-likeness (QED) is 0.292. The van der Waals surface area contributed by atoms with E-state index in [0.29, 0.717) is 6.07 Å². The molecule has 1 heterocycles. The van der Waals surface area contributed by atoms with Gasteiger partial charge in [0.2, 0.25) is 0 Å². The summed E-state index contributed by atoms with van der Waals surface area (Å²) in [7, 11) is 1.55. The minimum absolute atomic E-state index is 0.0291. The van der Waals surface area contributed by atoms with Gasteiger partial charge in [0.15, 0.2) is 5.60 Å². The first kappa shape index (κ1) is 25.2. The van der Waals surface area contributed by atoms with Crippen LogP contribution in [-0.2, 0) is 18.3 Å². The average Bonchev–Trinajstić information content (AvgIpc) is 3.25. The van der Waals surface area contributed by atoms with E-state index < -0.39 is 34.9 Å². The van der Waals surface area contributed by atoms with Gasteiger partial charge in [-0.2, -0.15) is 23.7 Å². The lowest BCUT2D eigenvalue weighted by Gasteiger charge is -2.39. The maximum Gasteiger partial charge on any atom is 0.416 e. The molecule has 3 aromatic rings. The van der Waals surface area contributed by atoms with Crippen molar-refractivity contribution in [2.45, 2.75) is 25.2 Å². The second-order valence-electron chi connectivity index (χ2n) is 8.14. The van der Waals surface area contributed by atoms with Crippen molar-refractivity contribution in [2.75, 3.05) is 20.1 Å². The number of carbonyl (C=O) groups is 1. The molecule has 7 nitrogen and oxygen atoms in total. The molecule has 2 N–H and O–H groups in total. The first-order valence-electron chi connectivity index (χ1n) is 10.2. The van der Waals surface area contributed by atoms with E-state index in [4.69, 9.17) is 0 Å². The van der Waals surface area contributed by atoms with Gasteiger partial charge >= 0.3 is 6.18 Å². The molecule has 2 aromatic carbocycles. The largest absolute Gasteiger partial charge is 0.416 e. The lowest BCUT2D eigenvalue weighted by Crippen LogP contribution is -2.63. The number of benzene rings is 2. The van der Waals surface area contributed by atoms with Crippen molar-refractivity contribution in [1.29, 1.82) is 0 Å². The van der Waals surface area contributed by atoms with E-state index in [2.05, 4.69) is 15.5 Å². The fraction of sp³-hybridized carbons (Fsp3) is 0.318. The number of alkyl halides is 3. The SMILES string of the molecule is CC[N@+](C)(C[C@@](O)(Cn1cncn1)c1ccc(F)cc1F)NC(=O)c1ccc(C(F)(F)F)cc1. The molecule has 0 fully saturated rings. The van der Waals surface area contributed by atoms with Crippen LogP contribution >= 0.6 is 0 Å². The van der Waals surface area contributed by atoms with Gasteiger partial charge in [-0.1, -0.05) is 0 Å². The lowest BCUT2D eigenvalue weighted by atomic mass is 9.92.